The minimum absolute atomic E-state index is 0. The van der Waals surface area contributed by atoms with Gasteiger partial charge >= 0.3 is 0 Å². The molecule has 3 nitrogen and oxygen atoms in total. The molecule has 4 heteroatoms. The summed E-state index contributed by atoms with van der Waals surface area (Å²) in [6.07, 6.45) is 4.11. The molecule has 4 aromatic rings. The lowest BCUT2D eigenvalue weighted by Gasteiger charge is -1.98. The molecule has 2 heterocycles. The van der Waals surface area contributed by atoms with E-state index in [9.17, 15) is 0 Å². The standard InChI is InChI=1S/C19H15N2O.ClH/c1-2-6-15(7-3-1)14-21-12-10-16(11-13-21)19-20-17-8-4-5-9-18(17)22-19;/h1-13H,14H2;1H/q+1;/p-1. The molecule has 0 spiro atoms. The van der Waals surface area contributed by atoms with Crippen molar-refractivity contribution in [3.8, 4) is 11.5 Å². The fourth-order valence-corrected chi connectivity index (χ4v) is 2.50. The number of benzene rings is 2. The van der Waals surface area contributed by atoms with Gasteiger partial charge in [-0.3, -0.25) is 0 Å². The molecule has 0 atom stereocenters. The lowest BCUT2D eigenvalue weighted by Crippen LogP contribution is -3.00. The molecule has 114 valence electrons. The highest BCUT2D eigenvalue weighted by atomic mass is 35.5. The van der Waals surface area contributed by atoms with Crippen LogP contribution in [0.15, 0.2) is 83.5 Å². The Morgan fingerprint density at radius 1 is 0.826 bits per heavy atom. The first-order valence-electron chi connectivity index (χ1n) is 7.27. The van der Waals surface area contributed by atoms with Gasteiger partial charge in [-0.1, -0.05) is 42.5 Å². The summed E-state index contributed by atoms with van der Waals surface area (Å²) in [6.45, 7) is 0.856. The molecule has 0 amide bonds. The molecule has 0 aliphatic carbocycles. The summed E-state index contributed by atoms with van der Waals surface area (Å²) < 4.78 is 7.93. The van der Waals surface area contributed by atoms with E-state index in [1.807, 2.05) is 42.5 Å². The number of hydrogen-bond acceptors (Lipinski definition) is 2. The Morgan fingerprint density at radius 3 is 2.26 bits per heavy atom. The van der Waals surface area contributed by atoms with Crippen LogP contribution in [-0.2, 0) is 6.54 Å². The maximum absolute atomic E-state index is 5.79. The van der Waals surface area contributed by atoms with E-state index in [1.54, 1.807) is 0 Å². The van der Waals surface area contributed by atoms with Crippen molar-refractivity contribution in [2.24, 2.45) is 0 Å². The fourth-order valence-electron chi connectivity index (χ4n) is 2.50. The highest BCUT2D eigenvalue weighted by molar-refractivity contribution is 5.75. The van der Waals surface area contributed by atoms with E-state index in [0.717, 1.165) is 23.2 Å². The van der Waals surface area contributed by atoms with Crippen molar-refractivity contribution in [3.63, 3.8) is 0 Å². The molecule has 0 N–H and O–H groups in total. The van der Waals surface area contributed by atoms with Crippen molar-refractivity contribution in [1.29, 1.82) is 0 Å². The van der Waals surface area contributed by atoms with Crippen molar-refractivity contribution in [1.82, 2.24) is 4.98 Å². The maximum atomic E-state index is 5.79. The Hall–Kier alpha value is -2.65. The number of hydrogen-bond donors (Lipinski definition) is 0. The van der Waals surface area contributed by atoms with Crippen LogP contribution in [0.5, 0.6) is 0 Å². The van der Waals surface area contributed by atoms with Crippen molar-refractivity contribution < 1.29 is 21.4 Å². The minimum atomic E-state index is 0. The monoisotopic (exact) mass is 322 g/mol. The normalized spacial score (nSPS) is 10.4. The molecule has 23 heavy (non-hydrogen) atoms. The van der Waals surface area contributed by atoms with Crippen LogP contribution in [0.3, 0.4) is 0 Å². The van der Waals surface area contributed by atoms with Crippen molar-refractivity contribution in [3.05, 3.63) is 84.7 Å². The Morgan fingerprint density at radius 2 is 1.52 bits per heavy atom. The van der Waals surface area contributed by atoms with E-state index < -0.39 is 0 Å². The van der Waals surface area contributed by atoms with Gasteiger partial charge in [0, 0.05) is 23.3 Å². The average molecular weight is 323 g/mol. The number of para-hydroxylation sites is 2. The second-order valence-corrected chi connectivity index (χ2v) is 5.23. The molecular weight excluding hydrogens is 308 g/mol. The molecule has 0 saturated heterocycles. The summed E-state index contributed by atoms with van der Waals surface area (Å²) in [6, 6.07) is 22.3. The molecule has 0 saturated carbocycles. The van der Waals surface area contributed by atoms with Crippen LogP contribution in [0.25, 0.3) is 22.6 Å². The maximum Gasteiger partial charge on any atom is 0.227 e. The molecule has 0 aliphatic heterocycles. The molecule has 0 unspecified atom stereocenters. The number of halogens is 1. The van der Waals surface area contributed by atoms with Crippen LogP contribution in [0, 0.1) is 0 Å². The molecular formula is C19H15ClN2O. The smallest absolute Gasteiger partial charge is 0.227 e. The topological polar surface area (TPSA) is 29.9 Å². The quantitative estimate of drug-likeness (QED) is 0.523. The van der Waals surface area contributed by atoms with Crippen molar-refractivity contribution in [2.45, 2.75) is 6.54 Å². The molecule has 0 aliphatic rings. The molecule has 2 aromatic heterocycles. The van der Waals surface area contributed by atoms with E-state index in [1.165, 1.54) is 5.56 Å². The third-order valence-electron chi connectivity index (χ3n) is 3.64. The molecule has 0 bridgehead atoms. The first-order valence-corrected chi connectivity index (χ1v) is 7.27. The third kappa shape index (κ3) is 3.25. The molecule has 4 rings (SSSR count). The SMILES string of the molecule is [Cl-].c1ccc(C[n+]2ccc(-c3nc4ccccc4o3)cc2)cc1. The van der Waals surface area contributed by atoms with Crippen molar-refractivity contribution >= 4 is 11.1 Å². The minimum Gasteiger partial charge on any atom is -1.00 e. The third-order valence-corrected chi connectivity index (χ3v) is 3.64. The highest BCUT2D eigenvalue weighted by Gasteiger charge is 2.09. The fraction of sp³-hybridized carbons (Fsp3) is 0.0526. The summed E-state index contributed by atoms with van der Waals surface area (Å²) in [5.74, 6) is 0.660. The van der Waals surface area contributed by atoms with E-state index in [2.05, 4.69) is 46.2 Å². The van der Waals surface area contributed by atoms with Crippen LogP contribution in [0.2, 0.25) is 0 Å². The zero-order chi connectivity index (χ0) is 14.8. The number of oxazole rings is 1. The largest absolute Gasteiger partial charge is 1.00 e. The summed E-state index contributed by atoms with van der Waals surface area (Å²) in [5, 5.41) is 0. The molecule has 0 radical (unpaired) electrons. The predicted molar refractivity (Wildman–Crippen MR) is 85.2 cm³/mol. The zero-order valence-electron chi connectivity index (χ0n) is 12.4. The number of pyridine rings is 1. The van der Waals surface area contributed by atoms with Crippen LogP contribution in [0.4, 0.5) is 0 Å². The van der Waals surface area contributed by atoms with Gasteiger partial charge in [0.2, 0.25) is 5.89 Å². The van der Waals surface area contributed by atoms with E-state index in [-0.39, 0.29) is 12.4 Å². The average Bonchev–Trinajstić information content (AvgIpc) is 3.00. The Bertz CT molecular complexity index is 868. The number of aromatic nitrogens is 2. The zero-order valence-corrected chi connectivity index (χ0v) is 13.1. The van der Waals surface area contributed by atoms with Gasteiger partial charge in [0.15, 0.2) is 24.5 Å². The van der Waals surface area contributed by atoms with Crippen LogP contribution < -0.4 is 17.0 Å². The van der Waals surface area contributed by atoms with Gasteiger partial charge in [0.1, 0.15) is 5.52 Å². The summed E-state index contributed by atoms with van der Waals surface area (Å²) >= 11 is 0. The van der Waals surface area contributed by atoms with E-state index in [0.29, 0.717) is 5.89 Å². The van der Waals surface area contributed by atoms with E-state index >= 15 is 0 Å². The number of nitrogens with zero attached hydrogens (tertiary/aromatic N) is 2. The number of fused-ring (bicyclic) bond motifs is 1. The van der Waals surface area contributed by atoms with Gasteiger partial charge in [0.25, 0.3) is 0 Å². The van der Waals surface area contributed by atoms with Crippen LogP contribution in [-0.4, -0.2) is 4.98 Å². The Balaban J connectivity index is 0.00000156. The van der Waals surface area contributed by atoms with Crippen LogP contribution >= 0.6 is 0 Å². The van der Waals surface area contributed by atoms with Gasteiger partial charge in [0.05, 0.1) is 0 Å². The van der Waals surface area contributed by atoms with Crippen LogP contribution in [0.1, 0.15) is 5.56 Å². The first-order chi connectivity index (χ1) is 10.9. The number of rotatable bonds is 3. The molecule has 2 aromatic carbocycles. The van der Waals surface area contributed by atoms with Gasteiger partial charge < -0.3 is 16.8 Å². The molecule has 0 fully saturated rings. The second kappa shape index (κ2) is 6.63. The Labute approximate surface area is 140 Å². The van der Waals surface area contributed by atoms with Crippen molar-refractivity contribution in [2.75, 3.05) is 0 Å². The Kier molecular flexibility index (Phi) is 4.40. The lowest BCUT2D eigenvalue weighted by molar-refractivity contribution is -0.688. The summed E-state index contributed by atoms with van der Waals surface area (Å²) in [5.41, 5.74) is 3.97. The van der Waals surface area contributed by atoms with E-state index in [4.69, 9.17) is 4.42 Å². The highest BCUT2D eigenvalue weighted by Crippen LogP contribution is 2.22. The predicted octanol–water partition coefficient (Wildman–Crippen LogP) is 0.835. The van der Waals surface area contributed by atoms with Gasteiger partial charge in [-0.05, 0) is 12.1 Å². The lowest BCUT2D eigenvalue weighted by atomic mass is 10.2. The summed E-state index contributed by atoms with van der Waals surface area (Å²) in [7, 11) is 0. The van der Waals surface area contributed by atoms with Gasteiger partial charge in [-0.25, -0.2) is 9.55 Å². The first kappa shape index (κ1) is 15.3. The van der Waals surface area contributed by atoms with Gasteiger partial charge in [-0.2, -0.15) is 0 Å². The second-order valence-electron chi connectivity index (χ2n) is 5.23. The summed E-state index contributed by atoms with van der Waals surface area (Å²) in [4.78, 5) is 4.52. The van der Waals surface area contributed by atoms with Gasteiger partial charge in [-0.15, -0.1) is 0 Å².